The van der Waals surface area contributed by atoms with Gasteiger partial charge in [-0.15, -0.1) is 0 Å². The fourth-order valence-corrected chi connectivity index (χ4v) is 3.49. The van der Waals surface area contributed by atoms with E-state index in [1.165, 1.54) is 16.9 Å². The van der Waals surface area contributed by atoms with E-state index in [1.807, 2.05) is 18.2 Å². The summed E-state index contributed by atoms with van der Waals surface area (Å²) < 4.78 is 8.31. The normalized spacial score (nSPS) is 17.9. The van der Waals surface area contributed by atoms with Crippen LogP contribution in [0.3, 0.4) is 0 Å². The van der Waals surface area contributed by atoms with E-state index in [1.54, 1.807) is 4.31 Å². The Morgan fingerprint density at radius 3 is 3.11 bits per heavy atom. The van der Waals surface area contributed by atoms with Crippen molar-refractivity contribution in [3.63, 3.8) is 0 Å². The van der Waals surface area contributed by atoms with Crippen molar-refractivity contribution in [2.45, 2.75) is 6.42 Å². The van der Waals surface area contributed by atoms with Gasteiger partial charge in [0.2, 0.25) is 0 Å². The highest BCUT2D eigenvalue weighted by molar-refractivity contribution is 9.10. The number of primary amides is 1. The minimum Gasteiger partial charge on any atom is -0.493 e. The van der Waals surface area contributed by atoms with Gasteiger partial charge in [-0.1, -0.05) is 15.9 Å². The third-order valence-electron chi connectivity index (χ3n) is 2.96. The number of halogens is 1. The van der Waals surface area contributed by atoms with Crippen LogP contribution in [-0.2, 0) is 0 Å². The Labute approximate surface area is 117 Å². The van der Waals surface area contributed by atoms with Crippen LogP contribution in [0.2, 0.25) is 0 Å². The molecule has 6 heteroatoms. The number of carbonyl (C=O) groups excluding carboxylic acids is 1. The predicted octanol–water partition coefficient (Wildman–Crippen LogP) is 2.99. The smallest absolute Gasteiger partial charge is 0.325 e. The van der Waals surface area contributed by atoms with Crippen molar-refractivity contribution in [2.24, 2.45) is 5.73 Å². The van der Waals surface area contributed by atoms with Gasteiger partial charge in [0.15, 0.2) is 0 Å². The second-order valence-corrected chi connectivity index (χ2v) is 6.14. The van der Waals surface area contributed by atoms with E-state index in [-0.39, 0.29) is 0 Å². The SMILES string of the molecule is NC(=O)N1CC2=C(CCOc3ccc(Br)cc32)S1. The van der Waals surface area contributed by atoms with Crippen molar-refractivity contribution < 1.29 is 9.53 Å². The molecule has 0 atom stereocenters. The van der Waals surface area contributed by atoms with Crippen LogP contribution in [-0.4, -0.2) is 23.5 Å². The van der Waals surface area contributed by atoms with Crippen LogP contribution in [0.1, 0.15) is 12.0 Å². The lowest BCUT2D eigenvalue weighted by atomic mass is 10.0. The molecule has 2 aliphatic rings. The molecular formula is C12H11BrN2O2S. The molecule has 0 unspecified atom stereocenters. The molecular weight excluding hydrogens is 316 g/mol. The van der Waals surface area contributed by atoms with Gasteiger partial charge < -0.3 is 10.5 Å². The summed E-state index contributed by atoms with van der Waals surface area (Å²) in [6, 6.07) is 5.54. The molecule has 0 saturated heterocycles. The maximum Gasteiger partial charge on any atom is 0.325 e. The number of hydrogen-bond donors (Lipinski definition) is 1. The Morgan fingerprint density at radius 1 is 1.50 bits per heavy atom. The molecule has 4 nitrogen and oxygen atoms in total. The van der Waals surface area contributed by atoms with Gasteiger partial charge in [0, 0.05) is 21.4 Å². The van der Waals surface area contributed by atoms with E-state index in [0.717, 1.165) is 27.8 Å². The van der Waals surface area contributed by atoms with Crippen molar-refractivity contribution >= 4 is 39.5 Å². The Hall–Kier alpha value is -1.14. The Kier molecular flexibility index (Phi) is 2.99. The summed E-state index contributed by atoms with van der Waals surface area (Å²) in [4.78, 5) is 12.4. The number of amides is 2. The number of ether oxygens (including phenoxy) is 1. The molecule has 1 aromatic carbocycles. The number of nitrogens with two attached hydrogens (primary N) is 1. The second-order valence-electron chi connectivity index (χ2n) is 4.11. The van der Waals surface area contributed by atoms with Crippen LogP contribution in [0.25, 0.3) is 5.57 Å². The molecule has 94 valence electrons. The molecule has 2 N–H and O–H groups in total. The number of nitrogens with zero attached hydrogens (tertiary/aromatic N) is 1. The fraction of sp³-hybridized carbons (Fsp3) is 0.250. The molecule has 0 bridgehead atoms. The standard InChI is InChI=1S/C12H11BrN2O2S/c13-7-1-2-10-8(5-7)9-6-15(12(14)16)18-11(9)3-4-17-10/h1-2,5H,3-4,6H2,(H2,14,16). The maximum atomic E-state index is 11.3. The van der Waals surface area contributed by atoms with Crippen LogP contribution in [0.15, 0.2) is 27.6 Å². The van der Waals surface area contributed by atoms with Gasteiger partial charge in [0.1, 0.15) is 5.75 Å². The molecule has 0 aliphatic carbocycles. The molecule has 0 saturated carbocycles. The molecule has 2 aliphatic heterocycles. The summed E-state index contributed by atoms with van der Waals surface area (Å²) in [6.07, 6.45) is 0.816. The number of hydrogen-bond acceptors (Lipinski definition) is 3. The third kappa shape index (κ3) is 1.99. The maximum absolute atomic E-state index is 11.3. The second kappa shape index (κ2) is 4.51. The van der Waals surface area contributed by atoms with Gasteiger partial charge in [-0.25, -0.2) is 4.79 Å². The monoisotopic (exact) mass is 326 g/mol. The lowest BCUT2D eigenvalue weighted by Gasteiger charge is -2.14. The number of urea groups is 1. The Bertz CT molecular complexity index is 559. The third-order valence-corrected chi connectivity index (χ3v) is 4.65. The van der Waals surface area contributed by atoms with E-state index in [2.05, 4.69) is 15.9 Å². The minimum absolute atomic E-state index is 0.398. The first kappa shape index (κ1) is 11.9. The van der Waals surface area contributed by atoms with Crippen LogP contribution in [0.4, 0.5) is 4.79 Å². The van der Waals surface area contributed by atoms with E-state index < -0.39 is 6.03 Å². The first-order valence-electron chi connectivity index (χ1n) is 5.55. The van der Waals surface area contributed by atoms with E-state index in [0.29, 0.717) is 13.2 Å². The van der Waals surface area contributed by atoms with Crippen molar-refractivity contribution in [3.8, 4) is 5.75 Å². The number of fused-ring (bicyclic) bond motifs is 2. The van der Waals surface area contributed by atoms with E-state index in [4.69, 9.17) is 10.5 Å². The summed E-state index contributed by atoms with van der Waals surface area (Å²) in [6.45, 7) is 1.18. The topological polar surface area (TPSA) is 55.6 Å². The summed E-state index contributed by atoms with van der Waals surface area (Å²) in [7, 11) is 0. The minimum atomic E-state index is -0.398. The first-order valence-corrected chi connectivity index (χ1v) is 7.11. The van der Waals surface area contributed by atoms with Gasteiger partial charge in [-0.05, 0) is 35.7 Å². The zero-order valence-electron chi connectivity index (χ0n) is 9.48. The highest BCUT2D eigenvalue weighted by atomic mass is 79.9. The van der Waals surface area contributed by atoms with Gasteiger partial charge in [0.05, 0.1) is 13.2 Å². The van der Waals surface area contributed by atoms with Gasteiger partial charge in [-0.3, -0.25) is 4.31 Å². The molecule has 2 amide bonds. The van der Waals surface area contributed by atoms with Gasteiger partial charge in [-0.2, -0.15) is 0 Å². The number of rotatable bonds is 0. The average molecular weight is 327 g/mol. The lowest BCUT2D eigenvalue weighted by Crippen LogP contribution is -2.28. The molecule has 0 aromatic heterocycles. The van der Waals surface area contributed by atoms with Crippen molar-refractivity contribution in [3.05, 3.63) is 33.1 Å². The quantitative estimate of drug-likeness (QED) is 0.746. The largest absolute Gasteiger partial charge is 0.493 e. The first-order chi connectivity index (χ1) is 8.65. The summed E-state index contributed by atoms with van der Waals surface area (Å²) in [5.74, 6) is 0.870. The highest BCUT2D eigenvalue weighted by Gasteiger charge is 2.29. The summed E-state index contributed by atoms with van der Waals surface area (Å²) in [5, 5.41) is 0. The lowest BCUT2D eigenvalue weighted by molar-refractivity contribution is 0.238. The Balaban J connectivity index is 2.04. The Morgan fingerprint density at radius 2 is 2.33 bits per heavy atom. The van der Waals surface area contributed by atoms with Gasteiger partial charge >= 0.3 is 6.03 Å². The van der Waals surface area contributed by atoms with E-state index >= 15 is 0 Å². The van der Waals surface area contributed by atoms with Crippen LogP contribution in [0, 0.1) is 0 Å². The molecule has 1 aromatic rings. The van der Waals surface area contributed by atoms with Gasteiger partial charge in [0.25, 0.3) is 0 Å². The van der Waals surface area contributed by atoms with Crippen LogP contribution in [0.5, 0.6) is 5.75 Å². The molecule has 18 heavy (non-hydrogen) atoms. The van der Waals surface area contributed by atoms with Crippen LogP contribution < -0.4 is 10.5 Å². The highest BCUT2D eigenvalue weighted by Crippen LogP contribution is 2.44. The number of carbonyl (C=O) groups is 1. The number of benzene rings is 1. The molecule has 3 rings (SSSR count). The van der Waals surface area contributed by atoms with E-state index in [9.17, 15) is 4.79 Å². The van der Waals surface area contributed by atoms with Crippen molar-refractivity contribution in [1.82, 2.24) is 4.31 Å². The molecule has 0 spiro atoms. The zero-order chi connectivity index (χ0) is 12.7. The molecule has 2 heterocycles. The predicted molar refractivity (Wildman–Crippen MR) is 75.1 cm³/mol. The summed E-state index contributed by atoms with van der Waals surface area (Å²) in [5.41, 5.74) is 7.54. The fourth-order valence-electron chi connectivity index (χ4n) is 2.12. The van der Waals surface area contributed by atoms with Crippen molar-refractivity contribution in [1.29, 1.82) is 0 Å². The summed E-state index contributed by atoms with van der Waals surface area (Å²) >= 11 is 4.90. The van der Waals surface area contributed by atoms with Crippen molar-refractivity contribution in [2.75, 3.05) is 13.2 Å². The zero-order valence-corrected chi connectivity index (χ0v) is 11.9. The average Bonchev–Trinajstić information content (AvgIpc) is 2.68. The van der Waals surface area contributed by atoms with Crippen LogP contribution >= 0.6 is 27.9 Å². The molecule has 0 radical (unpaired) electrons. The molecule has 0 fully saturated rings.